The van der Waals surface area contributed by atoms with Crippen molar-refractivity contribution in [2.75, 3.05) is 5.32 Å². The third-order valence-electron chi connectivity index (χ3n) is 3.96. The molecule has 1 heterocycles. The maximum Gasteiger partial charge on any atom is 0.207 e. The third kappa shape index (κ3) is 1.70. The number of nitrogens with one attached hydrogen (secondary N) is 1. The minimum absolute atomic E-state index is 0.671. The van der Waals surface area contributed by atoms with E-state index in [4.69, 9.17) is 0 Å². The van der Waals surface area contributed by atoms with Gasteiger partial charge in [-0.25, -0.2) is 4.98 Å². The van der Waals surface area contributed by atoms with E-state index < -0.39 is 0 Å². The summed E-state index contributed by atoms with van der Waals surface area (Å²) >= 11 is 0. The zero-order chi connectivity index (χ0) is 11.9. The first-order valence-electron chi connectivity index (χ1n) is 6.82. The van der Waals surface area contributed by atoms with Gasteiger partial charge in [0.15, 0.2) is 0 Å². The topological polar surface area (TPSA) is 29.9 Å². The van der Waals surface area contributed by atoms with E-state index in [1.807, 2.05) is 6.20 Å². The molecule has 0 unspecified atom stereocenters. The van der Waals surface area contributed by atoms with E-state index in [1.165, 1.54) is 48.9 Å². The number of benzene rings is 1. The Hall–Kier alpha value is -1.77. The SMILES string of the molecule is c1cn(C2CC2)c(Nc2ccc3c(c2)CCC3)n1. The van der Waals surface area contributed by atoms with E-state index in [-0.39, 0.29) is 0 Å². The molecule has 18 heavy (non-hydrogen) atoms. The van der Waals surface area contributed by atoms with Crippen LogP contribution < -0.4 is 5.32 Å². The molecule has 2 aromatic rings. The van der Waals surface area contributed by atoms with Crippen LogP contribution in [-0.2, 0) is 12.8 Å². The van der Waals surface area contributed by atoms with E-state index >= 15 is 0 Å². The van der Waals surface area contributed by atoms with Gasteiger partial charge in [0.2, 0.25) is 5.95 Å². The fourth-order valence-electron chi connectivity index (χ4n) is 2.84. The van der Waals surface area contributed by atoms with Gasteiger partial charge < -0.3 is 9.88 Å². The first-order valence-corrected chi connectivity index (χ1v) is 6.82. The second-order valence-corrected chi connectivity index (χ2v) is 5.35. The van der Waals surface area contributed by atoms with Crippen LogP contribution in [0.2, 0.25) is 0 Å². The van der Waals surface area contributed by atoms with Crippen molar-refractivity contribution in [2.24, 2.45) is 0 Å². The maximum absolute atomic E-state index is 4.42. The largest absolute Gasteiger partial charge is 0.326 e. The molecule has 0 atom stereocenters. The molecular weight excluding hydrogens is 222 g/mol. The van der Waals surface area contributed by atoms with Gasteiger partial charge in [-0.1, -0.05) is 6.07 Å². The number of anilines is 2. The van der Waals surface area contributed by atoms with Gasteiger partial charge in [-0.2, -0.15) is 0 Å². The number of fused-ring (bicyclic) bond motifs is 1. The van der Waals surface area contributed by atoms with Crippen LogP contribution in [0.3, 0.4) is 0 Å². The average Bonchev–Trinajstić information content (AvgIpc) is 2.95. The smallest absolute Gasteiger partial charge is 0.207 e. The molecule has 4 rings (SSSR count). The summed E-state index contributed by atoms with van der Waals surface area (Å²) in [6.07, 6.45) is 10.3. The summed E-state index contributed by atoms with van der Waals surface area (Å²) in [6.45, 7) is 0. The Labute approximate surface area is 107 Å². The third-order valence-corrected chi connectivity index (χ3v) is 3.96. The predicted octanol–water partition coefficient (Wildman–Crippen LogP) is 3.45. The minimum Gasteiger partial charge on any atom is -0.326 e. The molecule has 0 spiro atoms. The maximum atomic E-state index is 4.42. The Kier molecular flexibility index (Phi) is 2.19. The van der Waals surface area contributed by atoms with E-state index in [2.05, 4.69) is 39.3 Å². The van der Waals surface area contributed by atoms with E-state index in [0.29, 0.717) is 6.04 Å². The van der Waals surface area contributed by atoms with Crippen molar-refractivity contribution in [1.82, 2.24) is 9.55 Å². The van der Waals surface area contributed by atoms with Crippen LogP contribution >= 0.6 is 0 Å². The number of aryl methyl sites for hydroxylation is 2. The molecule has 1 aromatic carbocycles. The summed E-state index contributed by atoms with van der Waals surface area (Å²) in [4.78, 5) is 4.42. The van der Waals surface area contributed by atoms with Gasteiger partial charge in [-0.15, -0.1) is 0 Å². The van der Waals surface area contributed by atoms with Crippen molar-refractivity contribution in [1.29, 1.82) is 0 Å². The Balaban J connectivity index is 1.62. The summed E-state index contributed by atoms with van der Waals surface area (Å²) in [6, 6.07) is 7.39. The molecule has 0 bridgehead atoms. The lowest BCUT2D eigenvalue weighted by Crippen LogP contribution is -2.01. The Morgan fingerprint density at radius 3 is 2.94 bits per heavy atom. The highest BCUT2D eigenvalue weighted by Gasteiger charge is 2.25. The minimum atomic E-state index is 0.671. The lowest BCUT2D eigenvalue weighted by Gasteiger charge is -2.10. The molecule has 0 aliphatic heterocycles. The van der Waals surface area contributed by atoms with Crippen LogP contribution in [-0.4, -0.2) is 9.55 Å². The lowest BCUT2D eigenvalue weighted by molar-refractivity contribution is 0.751. The van der Waals surface area contributed by atoms with Crippen LogP contribution in [0, 0.1) is 0 Å². The second-order valence-electron chi connectivity index (χ2n) is 5.35. The van der Waals surface area contributed by atoms with E-state index in [9.17, 15) is 0 Å². The molecule has 3 nitrogen and oxygen atoms in total. The summed E-state index contributed by atoms with van der Waals surface area (Å²) in [5, 5.41) is 3.46. The van der Waals surface area contributed by atoms with Gasteiger partial charge in [0.1, 0.15) is 0 Å². The van der Waals surface area contributed by atoms with Crippen molar-refractivity contribution in [3.05, 3.63) is 41.7 Å². The van der Waals surface area contributed by atoms with Crippen molar-refractivity contribution in [3.63, 3.8) is 0 Å². The first-order chi connectivity index (χ1) is 8.90. The van der Waals surface area contributed by atoms with Crippen molar-refractivity contribution in [2.45, 2.75) is 38.1 Å². The molecule has 1 fully saturated rings. The summed E-state index contributed by atoms with van der Waals surface area (Å²) in [5.41, 5.74) is 4.19. The standard InChI is InChI=1S/C15H17N3/c1-2-11-4-5-13(10-12(11)3-1)17-15-16-8-9-18(15)14-6-7-14/h4-5,8-10,14H,1-3,6-7H2,(H,16,17). The summed E-state index contributed by atoms with van der Waals surface area (Å²) in [5.74, 6) is 0.982. The van der Waals surface area contributed by atoms with Crippen LogP contribution in [0.5, 0.6) is 0 Å². The van der Waals surface area contributed by atoms with E-state index in [0.717, 1.165) is 5.95 Å². The summed E-state index contributed by atoms with van der Waals surface area (Å²) in [7, 11) is 0. The number of imidazole rings is 1. The van der Waals surface area contributed by atoms with Gasteiger partial charge in [-0.3, -0.25) is 0 Å². The zero-order valence-electron chi connectivity index (χ0n) is 10.4. The summed E-state index contributed by atoms with van der Waals surface area (Å²) < 4.78 is 2.26. The Morgan fingerprint density at radius 1 is 1.17 bits per heavy atom. The van der Waals surface area contributed by atoms with Gasteiger partial charge in [0, 0.05) is 24.1 Å². The highest BCUT2D eigenvalue weighted by atomic mass is 15.2. The highest BCUT2D eigenvalue weighted by Crippen LogP contribution is 2.37. The molecule has 2 aliphatic carbocycles. The molecule has 1 saturated carbocycles. The second kappa shape index (κ2) is 3.87. The first kappa shape index (κ1) is 10.2. The molecule has 92 valence electrons. The highest BCUT2D eigenvalue weighted by molar-refractivity contribution is 5.57. The predicted molar refractivity (Wildman–Crippen MR) is 72.2 cm³/mol. The molecular formula is C15H17N3. The lowest BCUT2D eigenvalue weighted by atomic mass is 10.1. The van der Waals surface area contributed by atoms with Gasteiger partial charge in [0.25, 0.3) is 0 Å². The number of nitrogens with zero attached hydrogens (tertiary/aromatic N) is 2. The van der Waals surface area contributed by atoms with Gasteiger partial charge >= 0.3 is 0 Å². The van der Waals surface area contributed by atoms with Crippen molar-refractivity contribution < 1.29 is 0 Å². The molecule has 0 saturated heterocycles. The van der Waals surface area contributed by atoms with E-state index in [1.54, 1.807) is 0 Å². The fraction of sp³-hybridized carbons (Fsp3) is 0.400. The van der Waals surface area contributed by atoms with Gasteiger partial charge in [-0.05, 0) is 55.4 Å². The molecule has 3 heteroatoms. The Morgan fingerprint density at radius 2 is 2.06 bits per heavy atom. The average molecular weight is 239 g/mol. The quantitative estimate of drug-likeness (QED) is 0.889. The Bertz CT molecular complexity index is 581. The molecule has 1 N–H and O–H groups in total. The normalized spacial score (nSPS) is 17.8. The number of aromatic nitrogens is 2. The molecule has 2 aliphatic rings. The monoisotopic (exact) mass is 239 g/mol. The molecule has 0 radical (unpaired) electrons. The van der Waals surface area contributed by atoms with Gasteiger partial charge in [0.05, 0.1) is 0 Å². The number of rotatable bonds is 3. The van der Waals surface area contributed by atoms with Crippen LogP contribution in [0.1, 0.15) is 36.4 Å². The number of hydrogen-bond donors (Lipinski definition) is 1. The fourth-order valence-corrected chi connectivity index (χ4v) is 2.84. The van der Waals surface area contributed by atoms with Crippen LogP contribution in [0.15, 0.2) is 30.6 Å². The van der Waals surface area contributed by atoms with Crippen molar-refractivity contribution in [3.8, 4) is 0 Å². The van der Waals surface area contributed by atoms with Crippen LogP contribution in [0.4, 0.5) is 11.6 Å². The number of hydrogen-bond acceptors (Lipinski definition) is 2. The zero-order valence-corrected chi connectivity index (χ0v) is 10.4. The molecule has 1 aromatic heterocycles. The molecule has 0 amide bonds. The van der Waals surface area contributed by atoms with Crippen LogP contribution in [0.25, 0.3) is 0 Å². The van der Waals surface area contributed by atoms with Crippen molar-refractivity contribution >= 4 is 11.6 Å².